The first-order valence-electron chi connectivity index (χ1n) is 8.54. The van der Waals surface area contributed by atoms with Crippen molar-refractivity contribution in [3.63, 3.8) is 0 Å². The fourth-order valence-electron chi connectivity index (χ4n) is 3.32. The summed E-state index contributed by atoms with van der Waals surface area (Å²) in [7, 11) is 0. The second-order valence-electron chi connectivity index (χ2n) is 6.55. The quantitative estimate of drug-likeness (QED) is 0.727. The van der Waals surface area contributed by atoms with Gasteiger partial charge in [0.15, 0.2) is 0 Å². The molecule has 0 bridgehead atoms. The Morgan fingerprint density at radius 1 is 0.857 bits per heavy atom. The van der Waals surface area contributed by atoms with Crippen LogP contribution in [0.3, 0.4) is 0 Å². The Kier molecular flexibility index (Phi) is 6.52. The SMILES string of the molecule is CC(COC(=O)C1CCCCC1)OC(=O)C1CCCCC1. The molecule has 0 spiro atoms. The molecule has 0 aliphatic heterocycles. The zero-order valence-electron chi connectivity index (χ0n) is 13.1. The van der Waals surface area contributed by atoms with Gasteiger partial charge in [-0.1, -0.05) is 38.5 Å². The highest BCUT2D eigenvalue weighted by atomic mass is 16.6. The zero-order chi connectivity index (χ0) is 15.1. The average molecular weight is 296 g/mol. The van der Waals surface area contributed by atoms with Gasteiger partial charge in [-0.25, -0.2) is 0 Å². The Hall–Kier alpha value is -1.06. The molecule has 0 radical (unpaired) electrons. The lowest BCUT2D eigenvalue weighted by Crippen LogP contribution is -2.29. The Morgan fingerprint density at radius 2 is 1.33 bits per heavy atom. The molecule has 2 aliphatic rings. The minimum Gasteiger partial charge on any atom is -0.462 e. The molecular formula is C17H28O4. The summed E-state index contributed by atoms with van der Waals surface area (Å²) in [6, 6.07) is 0. The van der Waals surface area contributed by atoms with Crippen LogP contribution in [0.5, 0.6) is 0 Å². The largest absolute Gasteiger partial charge is 0.462 e. The van der Waals surface area contributed by atoms with Gasteiger partial charge >= 0.3 is 11.9 Å². The van der Waals surface area contributed by atoms with Gasteiger partial charge in [0.1, 0.15) is 12.7 Å². The van der Waals surface area contributed by atoms with Crippen LogP contribution in [-0.2, 0) is 19.1 Å². The number of hydrogen-bond acceptors (Lipinski definition) is 4. The maximum Gasteiger partial charge on any atom is 0.309 e. The molecule has 0 heterocycles. The van der Waals surface area contributed by atoms with E-state index in [0.29, 0.717) is 0 Å². The van der Waals surface area contributed by atoms with Crippen LogP contribution in [0, 0.1) is 11.8 Å². The third-order valence-electron chi connectivity index (χ3n) is 4.65. The van der Waals surface area contributed by atoms with Crippen molar-refractivity contribution in [2.24, 2.45) is 11.8 Å². The van der Waals surface area contributed by atoms with Crippen LogP contribution in [0.1, 0.15) is 71.1 Å². The molecule has 0 N–H and O–H groups in total. The van der Waals surface area contributed by atoms with E-state index in [9.17, 15) is 9.59 Å². The lowest BCUT2D eigenvalue weighted by molar-refractivity contribution is -0.164. The van der Waals surface area contributed by atoms with E-state index >= 15 is 0 Å². The molecule has 0 saturated heterocycles. The summed E-state index contributed by atoms with van der Waals surface area (Å²) in [5.41, 5.74) is 0. The molecule has 0 aromatic carbocycles. The second-order valence-corrected chi connectivity index (χ2v) is 6.55. The van der Waals surface area contributed by atoms with Crippen molar-refractivity contribution < 1.29 is 19.1 Å². The maximum absolute atomic E-state index is 12.0. The van der Waals surface area contributed by atoms with Gasteiger partial charge in [-0.3, -0.25) is 9.59 Å². The average Bonchev–Trinajstić information content (AvgIpc) is 2.54. The van der Waals surface area contributed by atoms with Gasteiger partial charge in [0.05, 0.1) is 11.8 Å². The lowest BCUT2D eigenvalue weighted by atomic mass is 9.89. The molecular weight excluding hydrogens is 268 g/mol. The molecule has 1 unspecified atom stereocenters. The van der Waals surface area contributed by atoms with Crippen LogP contribution >= 0.6 is 0 Å². The number of carbonyl (C=O) groups is 2. The third kappa shape index (κ3) is 5.33. The third-order valence-corrected chi connectivity index (χ3v) is 4.65. The van der Waals surface area contributed by atoms with Gasteiger partial charge in [0.25, 0.3) is 0 Å². The van der Waals surface area contributed by atoms with Crippen molar-refractivity contribution in [2.45, 2.75) is 77.2 Å². The molecule has 0 aromatic heterocycles. The number of hydrogen-bond donors (Lipinski definition) is 0. The number of ether oxygens (including phenoxy) is 2. The number of rotatable bonds is 5. The standard InChI is InChI=1S/C17H28O4/c1-13(21-17(19)15-10-6-3-7-11-15)12-20-16(18)14-8-4-2-5-9-14/h13-15H,2-12H2,1H3. The number of esters is 2. The Bertz CT molecular complexity index is 341. The van der Waals surface area contributed by atoms with Crippen LogP contribution < -0.4 is 0 Å². The van der Waals surface area contributed by atoms with Gasteiger partial charge in [-0.2, -0.15) is 0 Å². The van der Waals surface area contributed by atoms with E-state index in [1.807, 2.05) is 0 Å². The summed E-state index contributed by atoms with van der Waals surface area (Å²) in [6.07, 6.45) is 10.3. The highest BCUT2D eigenvalue weighted by Gasteiger charge is 2.26. The molecule has 21 heavy (non-hydrogen) atoms. The van der Waals surface area contributed by atoms with E-state index in [0.717, 1.165) is 51.4 Å². The summed E-state index contributed by atoms with van der Waals surface area (Å²) < 4.78 is 10.7. The molecule has 4 heteroatoms. The second kappa shape index (κ2) is 8.40. The van der Waals surface area contributed by atoms with Gasteiger partial charge in [0, 0.05) is 0 Å². The summed E-state index contributed by atoms with van der Waals surface area (Å²) >= 11 is 0. The minimum absolute atomic E-state index is 0.0512. The highest BCUT2D eigenvalue weighted by molar-refractivity contribution is 5.73. The van der Waals surface area contributed by atoms with Crippen LogP contribution in [0.2, 0.25) is 0 Å². The lowest BCUT2D eigenvalue weighted by Gasteiger charge is -2.23. The predicted octanol–water partition coefficient (Wildman–Crippen LogP) is 3.62. The maximum atomic E-state index is 12.0. The first kappa shape index (κ1) is 16.3. The molecule has 2 saturated carbocycles. The minimum atomic E-state index is -0.341. The van der Waals surface area contributed by atoms with Crippen molar-refractivity contribution in [1.29, 1.82) is 0 Å². The molecule has 2 fully saturated rings. The first-order chi connectivity index (χ1) is 10.2. The molecule has 120 valence electrons. The van der Waals surface area contributed by atoms with E-state index in [2.05, 4.69) is 0 Å². The fraction of sp³-hybridized carbons (Fsp3) is 0.882. The van der Waals surface area contributed by atoms with Gasteiger partial charge in [0.2, 0.25) is 0 Å². The normalized spacial score (nSPS) is 22.5. The molecule has 1 atom stereocenters. The summed E-state index contributed by atoms with van der Waals surface area (Å²) in [5, 5.41) is 0. The summed E-state index contributed by atoms with van der Waals surface area (Å²) in [6.45, 7) is 1.99. The molecule has 2 aliphatic carbocycles. The monoisotopic (exact) mass is 296 g/mol. The van der Waals surface area contributed by atoms with Crippen molar-refractivity contribution in [2.75, 3.05) is 6.61 Å². The van der Waals surface area contributed by atoms with Crippen LogP contribution in [0.4, 0.5) is 0 Å². The Morgan fingerprint density at radius 3 is 1.86 bits per heavy atom. The molecule has 4 nitrogen and oxygen atoms in total. The van der Waals surface area contributed by atoms with Crippen LogP contribution in [0.15, 0.2) is 0 Å². The molecule has 2 rings (SSSR count). The molecule has 0 aromatic rings. The van der Waals surface area contributed by atoms with Gasteiger partial charge in [-0.05, 0) is 32.6 Å². The van der Waals surface area contributed by atoms with Crippen molar-refractivity contribution >= 4 is 11.9 Å². The van der Waals surface area contributed by atoms with E-state index in [-0.39, 0.29) is 36.5 Å². The van der Waals surface area contributed by atoms with Gasteiger partial charge in [-0.15, -0.1) is 0 Å². The van der Waals surface area contributed by atoms with Crippen LogP contribution in [-0.4, -0.2) is 24.6 Å². The zero-order valence-corrected chi connectivity index (χ0v) is 13.1. The van der Waals surface area contributed by atoms with E-state index in [4.69, 9.17) is 9.47 Å². The van der Waals surface area contributed by atoms with Crippen LogP contribution in [0.25, 0.3) is 0 Å². The van der Waals surface area contributed by atoms with Gasteiger partial charge < -0.3 is 9.47 Å². The molecule has 0 amide bonds. The number of carbonyl (C=O) groups excluding carboxylic acids is 2. The fourth-order valence-corrected chi connectivity index (χ4v) is 3.32. The Balaban J connectivity index is 1.65. The van der Waals surface area contributed by atoms with E-state index < -0.39 is 0 Å². The first-order valence-corrected chi connectivity index (χ1v) is 8.54. The predicted molar refractivity (Wildman–Crippen MR) is 79.7 cm³/mol. The Labute approximate surface area is 127 Å². The smallest absolute Gasteiger partial charge is 0.309 e. The van der Waals surface area contributed by atoms with E-state index in [1.54, 1.807) is 6.92 Å². The van der Waals surface area contributed by atoms with Crippen molar-refractivity contribution in [3.8, 4) is 0 Å². The van der Waals surface area contributed by atoms with Crippen molar-refractivity contribution in [1.82, 2.24) is 0 Å². The summed E-state index contributed by atoms with van der Waals surface area (Å²) in [4.78, 5) is 23.9. The van der Waals surface area contributed by atoms with E-state index in [1.165, 1.54) is 12.8 Å². The highest BCUT2D eigenvalue weighted by Crippen LogP contribution is 2.26. The topological polar surface area (TPSA) is 52.6 Å². The van der Waals surface area contributed by atoms with Crippen molar-refractivity contribution in [3.05, 3.63) is 0 Å². The summed E-state index contributed by atoms with van der Waals surface area (Å²) in [5.74, 6) is -0.124.